The zero-order chi connectivity index (χ0) is 17.9. The summed E-state index contributed by atoms with van der Waals surface area (Å²) in [6, 6.07) is 16.6. The minimum absolute atomic E-state index is 0.0976. The summed E-state index contributed by atoms with van der Waals surface area (Å²) in [5, 5.41) is 7.91. The summed E-state index contributed by atoms with van der Waals surface area (Å²) in [5.74, 6) is 2.52. The molecule has 0 radical (unpaired) electrons. The highest BCUT2D eigenvalue weighted by Gasteiger charge is 2.30. The van der Waals surface area contributed by atoms with Crippen LogP contribution in [0.4, 0.5) is 5.95 Å². The second-order valence-electron chi connectivity index (χ2n) is 6.26. The van der Waals surface area contributed by atoms with Crippen molar-refractivity contribution in [1.29, 1.82) is 0 Å². The second-order valence-corrected chi connectivity index (χ2v) is 6.26. The maximum atomic E-state index is 5.55. The van der Waals surface area contributed by atoms with E-state index < -0.39 is 0 Å². The molecule has 2 atom stereocenters. The standard InChI is InChI=1S/C20H22N4O2/c1-3-26-16-9-7-14(8-10-16)18-12-19(24-20(23-18)21-13-22-24)15-5-4-6-17(11-15)25-2/h4-11,13,18-19H,3,12H2,1-2H3,(H,21,22,23)/t18-,19-/m0/s1. The van der Waals surface area contributed by atoms with Crippen molar-refractivity contribution in [2.45, 2.75) is 25.4 Å². The molecule has 0 amide bonds. The van der Waals surface area contributed by atoms with E-state index in [1.54, 1.807) is 13.4 Å². The van der Waals surface area contributed by atoms with Gasteiger partial charge in [0.25, 0.3) is 0 Å². The first kappa shape index (κ1) is 16.4. The normalized spacial score (nSPS) is 18.7. The summed E-state index contributed by atoms with van der Waals surface area (Å²) in [5.41, 5.74) is 2.36. The van der Waals surface area contributed by atoms with Gasteiger partial charge in [0.15, 0.2) is 0 Å². The van der Waals surface area contributed by atoms with Crippen LogP contribution in [0.3, 0.4) is 0 Å². The lowest BCUT2D eigenvalue weighted by atomic mass is 9.93. The van der Waals surface area contributed by atoms with Crippen LogP contribution in [0.15, 0.2) is 54.9 Å². The predicted octanol–water partition coefficient (Wildman–Crippen LogP) is 3.83. The number of hydrogen-bond acceptors (Lipinski definition) is 5. The van der Waals surface area contributed by atoms with Gasteiger partial charge in [-0.3, -0.25) is 0 Å². The molecular formula is C20H22N4O2. The maximum absolute atomic E-state index is 5.55. The van der Waals surface area contributed by atoms with E-state index in [0.29, 0.717) is 6.61 Å². The van der Waals surface area contributed by atoms with Crippen molar-refractivity contribution in [2.75, 3.05) is 19.0 Å². The van der Waals surface area contributed by atoms with Gasteiger partial charge in [0.2, 0.25) is 5.95 Å². The first-order valence-corrected chi connectivity index (χ1v) is 8.81. The number of ether oxygens (including phenoxy) is 2. The molecule has 0 spiro atoms. The minimum atomic E-state index is 0.0976. The number of nitrogens with one attached hydrogen (secondary N) is 1. The smallest absolute Gasteiger partial charge is 0.222 e. The van der Waals surface area contributed by atoms with Gasteiger partial charge in [-0.15, -0.1) is 0 Å². The van der Waals surface area contributed by atoms with Crippen molar-refractivity contribution < 1.29 is 9.47 Å². The Hall–Kier alpha value is -3.02. The molecule has 3 aromatic rings. The number of anilines is 1. The quantitative estimate of drug-likeness (QED) is 0.758. The maximum Gasteiger partial charge on any atom is 0.222 e. The Bertz CT molecular complexity index is 876. The fourth-order valence-electron chi connectivity index (χ4n) is 3.43. The van der Waals surface area contributed by atoms with Gasteiger partial charge < -0.3 is 14.8 Å². The molecule has 2 aromatic carbocycles. The van der Waals surface area contributed by atoms with Crippen molar-refractivity contribution in [3.8, 4) is 11.5 Å². The van der Waals surface area contributed by atoms with E-state index in [9.17, 15) is 0 Å². The van der Waals surface area contributed by atoms with Gasteiger partial charge >= 0.3 is 0 Å². The number of rotatable bonds is 5. The highest BCUT2D eigenvalue weighted by Crippen LogP contribution is 2.38. The third-order valence-electron chi connectivity index (χ3n) is 4.70. The van der Waals surface area contributed by atoms with Crippen LogP contribution in [0, 0.1) is 0 Å². The van der Waals surface area contributed by atoms with Crippen LogP contribution in [0.1, 0.15) is 36.6 Å². The van der Waals surface area contributed by atoms with Crippen LogP contribution in [-0.4, -0.2) is 28.5 Å². The fourth-order valence-corrected chi connectivity index (χ4v) is 3.43. The van der Waals surface area contributed by atoms with Gasteiger partial charge in [-0.1, -0.05) is 24.3 Å². The topological polar surface area (TPSA) is 61.2 Å². The van der Waals surface area contributed by atoms with Crippen molar-refractivity contribution in [2.24, 2.45) is 0 Å². The van der Waals surface area contributed by atoms with Gasteiger partial charge in [0.05, 0.1) is 25.8 Å². The Morgan fingerprint density at radius 1 is 1.12 bits per heavy atom. The molecule has 0 fully saturated rings. The third-order valence-corrected chi connectivity index (χ3v) is 4.70. The van der Waals surface area contributed by atoms with Crippen LogP contribution < -0.4 is 14.8 Å². The molecule has 0 saturated carbocycles. The second kappa shape index (κ2) is 7.07. The van der Waals surface area contributed by atoms with Gasteiger partial charge in [-0.05, 0) is 48.7 Å². The van der Waals surface area contributed by atoms with Crippen molar-refractivity contribution in [1.82, 2.24) is 14.8 Å². The van der Waals surface area contributed by atoms with Gasteiger partial charge in [0.1, 0.15) is 17.8 Å². The molecule has 0 unspecified atom stereocenters. The molecule has 1 aliphatic rings. The number of benzene rings is 2. The first-order valence-electron chi connectivity index (χ1n) is 8.81. The molecule has 26 heavy (non-hydrogen) atoms. The molecule has 6 nitrogen and oxygen atoms in total. The van der Waals surface area contributed by atoms with Gasteiger partial charge in [-0.25, -0.2) is 4.68 Å². The lowest BCUT2D eigenvalue weighted by Gasteiger charge is -2.32. The molecule has 2 heterocycles. The Morgan fingerprint density at radius 3 is 2.73 bits per heavy atom. The van der Waals surface area contributed by atoms with Crippen LogP contribution >= 0.6 is 0 Å². The molecule has 4 rings (SSSR count). The molecule has 1 N–H and O–H groups in total. The van der Waals surface area contributed by atoms with E-state index in [1.165, 1.54) is 5.56 Å². The number of aromatic nitrogens is 3. The molecule has 0 bridgehead atoms. The number of methoxy groups -OCH3 is 1. The average Bonchev–Trinajstić information content (AvgIpc) is 3.17. The van der Waals surface area contributed by atoms with Crippen LogP contribution in [-0.2, 0) is 0 Å². The summed E-state index contributed by atoms with van der Waals surface area (Å²) in [4.78, 5) is 4.38. The fraction of sp³-hybridized carbons (Fsp3) is 0.300. The number of nitrogens with zero attached hydrogens (tertiary/aromatic N) is 3. The van der Waals surface area contributed by atoms with Crippen molar-refractivity contribution >= 4 is 5.95 Å². The number of fused-ring (bicyclic) bond motifs is 1. The van der Waals surface area contributed by atoms with Crippen LogP contribution in [0.5, 0.6) is 11.5 Å². The molecule has 1 aromatic heterocycles. The molecular weight excluding hydrogens is 328 g/mol. The van der Waals surface area contributed by atoms with Crippen molar-refractivity contribution in [3.05, 3.63) is 66.0 Å². The van der Waals surface area contributed by atoms with Crippen LogP contribution in [0.2, 0.25) is 0 Å². The van der Waals surface area contributed by atoms with E-state index >= 15 is 0 Å². The van der Waals surface area contributed by atoms with Gasteiger partial charge in [0, 0.05) is 0 Å². The van der Waals surface area contributed by atoms with E-state index in [4.69, 9.17) is 9.47 Å². The first-order chi connectivity index (χ1) is 12.8. The van der Waals surface area contributed by atoms with Crippen molar-refractivity contribution in [3.63, 3.8) is 0 Å². The lowest BCUT2D eigenvalue weighted by Crippen LogP contribution is -2.28. The van der Waals surface area contributed by atoms with E-state index in [2.05, 4.69) is 39.7 Å². The molecule has 0 aliphatic carbocycles. The van der Waals surface area contributed by atoms with Gasteiger partial charge in [-0.2, -0.15) is 10.1 Å². The number of hydrogen-bond donors (Lipinski definition) is 1. The Labute approximate surface area is 152 Å². The summed E-state index contributed by atoms with van der Waals surface area (Å²) in [6.07, 6.45) is 2.47. The Morgan fingerprint density at radius 2 is 1.96 bits per heavy atom. The summed E-state index contributed by atoms with van der Waals surface area (Å²) in [7, 11) is 1.69. The molecule has 1 aliphatic heterocycles. The molecule has 6 heteroatoms. The Kier molecular flexibility index (Phi) is 4.48. The third kappa shape index (κ3) is 3.10. The lowest BCUT2D eigenvalue weighted by molar-refractivity contribution is 0.340. The average molecular weight is 350 g/mol. The zero-order valence-corrected chi connectivity index (χ0v) is 14.9. The monoisotopic (exact) mass is 350 g/mol. The van der Waals surface area contributed by atoms with E-state index in [1.807, 2.05) is 35.9 Å². The highest BCUT2D eigenvalue weighted by atomic mass is 16.5. The highest BCUT2D eigenvalue weighted by molar-refractivity contribution is 5.40. The summed E-state index contributed by atoms with van der Waals surface area (Å²) < 4.78 is 12.9. The minimum Gasteiger partial charge on any atom is -0.497 e. The predicted molar refractivity (Wildman–Crippen MR) is 99.7 cm³/mol. The summed E-state index contributed by atoms with van der Waals surface area (Å²) >= 11 is 0. The largest absolute Gasteiger partial charge is 0.497 e. The van der Waals surface area contributed by atoms with E-state index in [0.717, 1.165) is 29.4 Å². The molecule has 134 valence electrons. The Balaban J connectivity index is 1.65. The summed E-state index contributed by atoms with van der Waals surface area (Å²) in [6.45, 7) is 2.66. The zero-order valence-electron chi connectivity index (χ0n) is 14.9. The SMILES string of the molecule is CCOc1ccc([C@@H]2C[C@@H](c3cccc(OC)c3)n3ncnc3N2)cc1. The van der Waals surface area contributed by atoms with E-state index in [-0.39, 0.29) is 12.1 Å². The molecule has 0 saturated heterocycles. The van der Waals surface area contributed by atoms with Crippen LogP contribution in [0.25, 0.3) is 0 Å².